The first-order chi connectivity index (χ1) is 36.6. The second kappa shape index (κ2) is 16.6. The van der Waals surface area contributed by atoms with Crippen molar-refractivity contribution in [3.63, 3.8) is 0 Å². The van der Waals surface area contributed by atoms with Crippen molar-refractivity contribution in [3.8, 4) is 22.3 Å². The van der Waals surface area contributed by atoms with Gasteiger partial charge in [-0.2, -0.15) is 0 Å². The molecule has 13 aromatic rings. The molecule has 0 fully saturated rings. The summed E-state index contributed by atoms with van der Waals surface area (Å²) in [7, 11) is 0. The Labute approximate surface area is 431 Å². The molecule has 0 heteroatoms. The number of benzene rings is 13. The summed E-state index contributed by atoms with van der Waals surface area (Å²) >= 11 is 0. The van der Waals surface area contributed by atoms with Crippen molar-refractivity contribution >= 4 is 92.5 Å². The van der Waals surface area contributed by atoms with E-state index in [1.165, 1.54) is 165 Å². The van der Waals surface area contributed by atoms with Gasteiger partial charge >= 0.3 is 0 Å². The molecule has 0 spiro atoms. The maximum atomic E-state index is 2.50. The lowest BCUT2D eigenvalue weighted by atomic mass is 9.78. The Kier molecular flexibility index (Phi) is 9.50. The first-order valence-electron chi connectivity index (χ1n) is 25.9. The van der Waals surface area contributed by atoms with E-state index < -0.39 is 0 Å². The standard InChI is InChI=1S/C74H48/c1-45-65(53-21-6-3-7-22-53)66(54-23-8-4-9-24-54)46(2)68-67(45)70(56-39-36-50-33-30-47-18-12-15-27-59(47)62(50)42-56)74-72(58-41-38-52-35-32-49-20-14-17-29-61(49)64(52)44-58)71(69(73(68)74)55-25-10-5-11-26-55)57-40-37-51-34-31-48-19-13-16-28-60(48)63(51)43-57/h3-44H,1-2H3. The lowest BCUT2D eigenvalue weighted by Gasteiger charge is -2.24. The maximum Gasteiger partial charge on any atom is -0.000116 e. The van der Waals surface area contributed by atoms with Gasteiger partial charge in [0.05, 0.1) is 0 Å². The van der Waals surface area contributed by atoms with E-state index in [4.69, 9.17) is 0 Å². The van der Waals surface area contributed by atoms with Crippen LogP contribution in [0, 0.1) is 13.8 Å². The number of allylic oxidation sites excluding steroid dienone is 5. The van der Waals surface area contributed by atoms with Gasteiger partial charge in [0.2, 0.25) is 0 Å². The van der Waals surface area contributed by atoms with E-state index >= 15 is 0 Å². The summed E-state index contributed by atoms with van der Waals surface area (Å²) in [5.74, 6) is 0. The van der Waals surface area contributed by atoms with Crippen molar-refractivity contribution in [3.05, 3.63) is 305 Å². The van der Waals surface area contributed by atoms with Crippen molar-refractivity contribution in [2.24, 2.45) is 0 Å². The Morgan fingerprint density at radius 3 is 0.865 bits per heavy atom. The third-order valence-electron chi connectivity index (χ3n) is 16.3. The van der Waals surface area contributed by atoms with Crippen molar-refractivity contribution in [1.29, 1.82) is 0 Å². The second-order valence-corrected chi connectivity index (χ2v) is 20.3. The van der Waals surface area contributed by atoms with Crippen LogP contribution in [0.2, 0.25) is 0 Å². The van der Waals surface area contributed by atoms with E-state index in [0.717, 1.165) is 0 Å². The molecular weight excluding hydrogens is 889 g/mol. The van der Waals surface area contributed by atoms with Gasteiger partial charge in [-0.1, -0.05) is 237 Å². The third-order valence-corrected chi connectivity index (χ3v) is 16.3. The highest BCUT2D eigenvalue weighted by Gasteiger charge is 2.43. The highest BCUT2D eigenvalue weighted by molar-refractivity contribution is 6.40. The average Bonchev–Trinajstić information content (AvgIpc) is 4.12. The Hall–Kier alpha value is -9.36. The zero-order chi connectivity index (χ0) is 49.0. The fourth-order valence-corrected chi connectivity index (χ4v) is 13.0. The molecule has 0 unspecified atom stereocenters. The summed E-state index contributed by atoms with van der Waals surface area (Å²) in [6.45, 7) is 4.80. The quantitative estimate of drug-likeness (QED) is 0.146. The molecule has 0 N–H and O–H groups in total. The first-order valence-corrected chi connectivity index (χ1v) is 25.9. The van der Waals surface area contributed by atoms with Gasteiger partial charge < -0.3 is 0 Å². The molecule has 0 atom stereocenters. The van der Waals surface area contributed by atoms with Crippen molar-refractivity contribution in [1.82, 2.24) is 0 Å². The molecule has 13 aromatic carbocycles. The van der Waals surface area contributed by atoms with Crippen LogP contribution in [0.4, 0.5) is 0 Å². The van der Waals surface area contributed by atoms with Crippen molar-refractivity contribution in [2.45, 2.75) is 13.8 Å². The largest absolute Gasteiger partial charge is 0.0622 e. The van der Waals surface area contributed by atoms with Crippen LogP contribution >= 0.6 is 0 Å². The molecule has 0 heterocycles. The van der Waals surface area contributed by atoms with E-state index in [2.05, 4.69) is 269 Å². The molecule has 0 aromatic heterocycles. The summed E-state index contributed by atoms with van der Waals surface area (Å²) in [6, 6.07) is 95.5. The number of rotatable bonds is 6. The zero-order valence-corrected chi connectivity index (χ0v) is 41.2. The highest BCUT2D eigenvalue weighted by atomic mass is 14.4. The zero-order valence-electron chi connectivity index (χ0n) is 41.2. The smallest absolute Gasteiger partial charge is 0.000116 e. The van der Waals surface area contributed by atoms with Gasteiger partial charge in [0.15, 0.2) is 0 Å². The van der Waals surface area contributed by atoms with Crippen LogP contribution in [-0.2, 0) is 0 Å². The molecule has 0 bridgehead atoms. The minimum atomic E-state index is 1.21. The molecule has 0 radical (unpaired) electrons. The second-order valence-electron chi connectivity index (χ2n) is 20.3. The highest BCUT2D eigenvalue weighted by Crippen LogP contribution is 2.64. The maximum absolute atomic E-state index is 2.50. The molecule has 15 rings (SSSR count). The van der Waals surface area contributed by atoms with Crippen molar-refractivity contribution < 1.29 is 0 Å². The average molecular weight is 937 g/mol. The number of hydrogen-bond donors (Lipinski definition) is 0. The fraction of sp³-hybridized carbons (Fsp3) is 0.0270. The molecule has 0 saturated heterocycles. The summed E-state index contributed by atoms with van der Waals surface area (Å²) in [4.78, 5) is 0. The Bertz CT molecular complexity index is 4620. The predicted octanol–water partition coefficient (Wildman–Crippen LogP) is 19.9. The van der Waals surface area contributed by atoms with Gasteiger partial charge in [0.1, 0.15) is 0 Å². The van der Waals surface area contributed by atoms with Crippen molar-refractivity contribution in [2.75, 3.05) is 0 Å². The molecule has 2 aliphatic carbocycles. The van der Waals surface area contributed by atoms with E-state index in [9.17, 15) is 0 Å². The van der Waals surface area contributed by atoms with Gasteiger partial charge in [0, 0.05) is 0 Å². The normalized spacial score (nSPS) is 13.4. The van der Waals surface area contributed by atoms with Gasteiger partial charge in [0.25, 0.3) is 0 Å². The lowest BCUT2D eigenvalue weighted by Crippen LogP contribution is -2.03. The number of fused-ring (bicyclic) bond motifs is 12. The van der Waals surface area contributed by atoms with Gasteiger partial charge in [-0.25, -0.2) is 0 Å². The molecule has 0 amide bonds. The molecule has 344 valence electrons. The van der Waals surface area contributed by atoms with Crippen LogP contribution in [0.3, 0.4) is 0 Å². The Balaban J connectivity index is 1.17. The van der Waals surface area contributed by atoms with E-state index in [1.54, 1.807) is 0 Å². The topological polar surface area (TPSA) is 0 Å². The Morgan fingerprint density at radius 1 is 0.176 bits per heavy atom. The SMILES string of the molecule is Cc1c2c(c(C)c(-c3ccccc3)c1-c1ccccc1)C(c1ccc3ccc4ccccc4c3c1)=C1C(c3ccc4ccc5ccccc5c4c3)=C(c3ccc4ccc5ccccc5c4c3)C(c3ccccc3)=C12. The molecule has 0 nitrogen and oxygen atoms in total. The minimum Gasteiger partial charge on any atom is -0.0622 e. The predicted molar refractivity (Wildman–Crippen MR) is 317 cm³/mol. The van der Waals surface area contributed by atoms with Crippen LogP contribution in [-0.4, -0.2) is 0 Å². The molecule has 0 aliphatic heterocycles. The summed E-state index contributed by atoms with van der Waals surface area (Å²) in [5.41, 5.74) is 22.7. The summed E-state index contributed by atoms with van der Waals surface area (Å²) in [5, 5.41) is 15.0. The van der Waals surface area contributed by atoms with E-state index in [-0.39, 0.29) is 0 Å². The first kappa shape index (κ1) is 42.3. The Morgan fingerprint density at radius 2 is 0.459 bits per heavy atom. The van der Waals surface area contributed by atoms with Crippen LogP contribution in [0.15, 0.2) is 260 Å². The lowest BCUT2D eigenvalue weighted by molar-refractivity contribution is 1.34. The molecular formula is C74H48. The number of hydrogen-bond acceptors (Lipinski definition) is 0. The van der Waals surface area contributed by atoms with E-state index in [1.807, 2.05) is 0 Å². The minimum absolute atomic E-state index is 1.21. The monoisotopic (exact) mass is 936 g/mol. The molecule has 74 heavy (non-hydrogen) atoms. The third kappa shape index (κ3) is 6.35. The molecule has 0 saturated carbocycles. The van der Waals surface area contributed by atoms with Gasteiger partial charge in [-0.15, -0.1) is 0 Å². The van der Waals surface area contributed by atoms with Crippen LogP contribution in [0.1, 0.15) is 44.5 Å². The van der Waals surface area contributed by atoms with E-state index in [0.29, 0.717) is 0 Å². The van der Waals surface area contributed by atoms with Crippen LogP contribution in [0.25, 0.3) is 115 Å². The van der Waals surface area contributed by atoms with Gasteiger partial charge in [-0.3, -0.25) is 0 Å². The van der Waals surface area contributed by atoms with Crippen LogP contribution in [0.5, 0.6) is 0 Å². The fourth-order valence-electron chi connectivity index (χ4n) is 13.0. The summed E-state index contributed by atoms with van der Waals surface area (Å²) < 4.78 is 0. The summed E-state index contributed by atoms with van der Waals surface area (Å²) in [6.07, 6.45) is 0. The molecule has 2 aliphatic rings. The van der Waals surface area contributed by atoms with Crippen LogP contribution < -0.4 is 0 Å². The van der Waals surface area contributed by atoms with Gasteiger partial charge in [-0.05, 0) is 197 Å².